The van der Waals surface area contributed by atoms with Crippen molar-refractivity contribution in [2.75, 3.05) is 0 Å². The van der Waals surface area contributed by atoms with Crippen LogP contribution in [-0.4, -0.2) is 18.2 Å². The molecule has 136 valence electrons. The molecule has 0 saturated heterocycles. The molecule has 26 heavy (non-hydrogen) atoms. The van der Waals surface area contributed by atoms with E-state index in [4.69, 9.17) is 5.14 Å². The quantitative estimate of drug-likeness (QED) is 0.704. The highest BCUT2D eigenvalue weighted by atomic mass is 32.2. The van der Waals surface area contributed by atoms with Crippen molar-refractivity contribution in [1.82, 2.24) is 9.78 Å². The Kier molecular flexibility index (Phi) is 4.32. The Bertz CT molecular complexity index is 1040. The Morgan fingerprint density at radius 1 is 0.962 bits per heavy atom. The third-order valence-electron chi connectivity index (χ3n) is 3.55. The van der Waals surface area contributed by atoms with Crippen LogP contribution in [0.15, 0.2) is 59.5 Å². The number of halogens is 4. The SMILES string of the molecule is NS(=O)(=O)c1ccc(-n2nc(C(F)(F)F)c([18F])c2-c2ccccc2)cc1. The van der Waals surface area contributed by atoms with Crippen LogP contribution in [0.5, 0.6) is 0 Å². The van der Waals surface area contributed by atoms with E-state index < -0.39 is 27.7 Å². The van der Waals surface area contributed by atoms with Crippen molar-refractivity contribution >= 4 is 10.0 Å². The maximum atomic E-state index is 14.5. The Hall–Kier alpha value is -2.72. The van der Waals surface area contributed by atoms with Gasteiger partial charge in [-0.3, -0.25) is 0 Å². The third kappa shape index (κ3) is 3.33. The van der Waals surface area contributed by atoms with Crippen LogP contribution >= 0.6 is 0 Å². The predicted molar refractivity (Wildman–Crippen MR) is 85.3 cm³/mol. The number of alkyl halides is 3. The largest absolute Gasteiger partial charge is 0.438 e. The summed E-state index contributed by atoms with van der Waals surface area (Å²) in [6.07, 6.45) is -4.99. The summed E-state index contributed by atoms with van der Waals surface area (Å²) in [5, 5.41) is 8.35. The van der Waals surface area contributed by atoms with Crippen LogP contribution in [0.1, 0.15) is 5.69 Å². The fraction of sp³-hybridized carbons (Fsp3) is 0.0625. The van der Waals surface area contributed by atoms with Gasteiger partial charge in [-0.2, -0.15) is 18.3 Å². The minimum Gasteiger partial charge on any atom is -0.229 e. The van der Waals surface area contributed by atoms with E-state index in [1.165, 1.54) is 24.3 Å². The number of sulfonamides is 1. The molecule has 3 rings (SSSR count). The molecule has 0 amide bonds. The van der Waals surface area contributed by atoms with Gasteiger partial charge in [0.2, 0.25) is 15.7 Å². The maximum Gasteiger partial charge on any atom is 0.438 e. The minimum atomic E-state index is -4.99. The van der Waals surface area contributed by atoms with Crippen molar-refractivity contribution in [2.24, 2.45) is 5.14 Å². The highest BCUT2D eigenvalue weighted by Crippen LogP contribution is 2.36. The number of primary sulfonamides is 1. The number of hydrogen-bond donors (Lipinski definition) is 1. The second kappa shape index (κ2) is 6.22. The van der Waals surface area contributed by atoms with Gasteiger partial charge >= 0.3 is 6.18 Å². The first-order chi connectivity index (χ1) is 12.1. The molecule has 2 N–H and O–H groups in total. The summed E-state index contributed by atoms with van der Waals surface area (Å²) in [4.78, 5) is -0.230. The zero-order valence-electron chi connectivity index (χ0n) is 12.9. The van der Waals surface area contributed by atoms with Crippen LogP contribution < -0.4 is 5.14 Å². The van der Waals surface area contributed by atoms with Crippen molar-refractivity contribution < 1.29 is 26.0 Å². The van der Waals surface area contributed by atoms with E-state index in [1.54, 1.807) is 18.2 Å². The molecule has 2 aromatic carbocycles. The zero-order valence-corrected chi connectivity index (χ0v) is 13.7. The van der Waals surface area contributed by atoms with Crippen LogP contribution in [0, 0.1) is 5.82 Å². The monoisotopic (exact) mass is 384 g/mol. The van der Waals surface area contributed by atoms with Gasteiger partial charge in [0.1, 0.15) is 5.69 Å². The molecule has 0 unspecified atom stereocenters. The first kappa shape index (κ1) is 18.1. The average Bonchev–Trinajstić information content (AvgIpc) is 2.92. The van der Waals surface area contributed by atoms with Gasteiger partial charge in [-0.25, -0.2) is 22.6 Å². The fourth-order valence-corrected chi connectivity index (χ4v) is 2.90. The molecule has 0 bridgehead atoms. The predicted octanol–water partition coefficient (Wildman–Crippen LogP) is 3.34. The lowest BCUT2D eigenvalue weighted by atomic mass is 10.1. The lowest BCUT2D eigenvalue weighted by Gasteiger charge is -2.08. The number of nitrogens with zero attached hydrogens (tertiary/aromatic N) is 2. The van der Waals surface area contributed by atoms with E-state index in [-0.39, 0.29) is 21.8 Å². The number of hydrogen-bond acceptors (Lipinski definition) is 3. The molecule has 0 atom stereocenters. The second-order valence-electron chi connectivity index (χ2n) is 5.33. The van der Waals surface area contributed by atoms with Crippen molar-refractivity contribution in [2.45, 2.75) is 11.1 Å². The lowest BCUT2D eigenvalue weighted by molar-refractivity contribution is -0.143. The van der Waals surface area contributed by atoms with Gasteiger partial charge in [-0.05, 0) is 24.3 Å². The normalized spacial score (nSPS) is 12.3. The smallest absolute Gasteiger partial charge is 0.229 e. The van der Waals surface area contributed by atoms with Gasteiger partial charge in [0.05, 0.1) is 10.6 Å². The van der Waals surface area contributed by atoms with Crippen LogP contribution in [0.3, 0.4) is 0 Å². The topological polar surface area (TPSA) is 78.0 Å². The molecule has 0 aliphatic heterocycles. The van der Waals surface area contributed by atoms with E-state index in [1.807, 2.05) is 0 Å². The molecule has 5 nitrogen and oxygen atoms in total. The van der Waals surface area contributed by atoms with Crippen LogP contribution in [0.25, 0.3) is 16.9 Å². The molecule has 3 aromatic rings. The van der Waals surface area contributed by atoms with Crippen LogP contribution in [0.2, 0.25) is 0 Å². The van der Waals surface area contributed by atoms with E-state index in [0.29, 0.717) is 0 Å². The third-order valence-corrected chi connectivity index (χ3v) is 4.48. The average molecular weight is 384 g/mol. The van der Waals surface area contributed by atoms with E-state index in [0.717, 1.165) is 16.8 Å². The molecule has 0 saturated carbocycles. The molecule has 10 heteroatoms. The summed E-state index contributed by atoms with van der Waals surface area (Å²) in [5.74, 6) is -1.51. The molecule has 1 aromatic heterocycles. The molecule has 1 heterocycles. The highest BCUT2D eigenvalue weighted by molar-refractivity contribution is 7.89. The first-order valence-corrected chi connectivity index (χ1v) is 8.68. The molecule has 0 fully saturated rings. The first-order valence-electron chi connectivity index (χ1n) is 7.13. The van der Waals surface area contributed by atoms with Crippen LogP contribution in [0.4, 0.5) is 17.6 Å². The van der Waals surface area contributed by atoms with Gasteiger partial charge in [0.25, 0.3) is 0 Å². The number of nitrogens with two attached hydrogens (primary N) is 1. The minimum absolute atomic E-state index is 0.0469. The molecule has 0 radical (unpaired) electrons. The summed E-state index contributed by atoms with van der Waals surface area (Å²) in [6, 6.07) is 12.2. The van der Waals surface area contributed by atoms with Gasteiger partial charge in [-0.15, -0.1) is 0 Å². The number of aromatic nitrogens is 2. The van der Waals surface area contributed by atoms with Crippen LogP contribution in [-0.2, 0) is 16.2 Å². The van der Waals surface area contributed by atoms with Crippen molar-refractivity contribution in [3.63, 3.8) is 0 Å². The van der Waals surface area contributed by atoms with Crippen molar-refractivity contribution in [3.05, 3.63) is 66.1 Å². The van der Waals surface area contributed by atoms with Gasteiger partial charge in [0.15, 0.2) is 5.82 Å². The van der Waals surface area contributed by atoms with Gasteiger partial charge in [-0.1, -0.05) is 30.3 Å². The standard InChI is InChI=1S/C16H11F4N3O2S/c17-13-14(10-4-2-1-3-5-10)23(22-15(13)16(18,19)20)11-6-8-12(9-7-11)26(21,24)25/h1-9H,(H2,21,24,25)/i17-1. The van der Waals surface area contributed by atoms with E-state index >= 15 is 0 Å². The Morgan fingerprint density at radius 3 is 2.04 bits per heavy atom. The Labute approximate surface area is 145 Å². The number of rotatable bonds is 3. The molecular formula is C16H11F4N3O2S. The maximum absolute atomic E-state index is 14.5. The number of benzene rings is 2. The zero-order chi connectivity index (χ0) is 19.1. The summed E-state index contributed by atoms with van der Waals surface area (Å²) in [6.45, 7) is 0. The lowest BCUT2D eigenvalue weighted by Crippen LogP contribution is -2.12. The summed E-state index contributed by atoms with van der Waals surface area (Å²) in [7, 11) is -3.97. The summed E-state index contributed by atoms with van der Waals surface area (Å²) >= 11 is 0. The van der Waals surface area contributed by atoms with Gasteiger partial charge < -0.3 is 0 Å². The summed E-state index contributed by atoms with van der Waals surface area (Å²) in [5.41, 5.74) is -1.82. The van der Waals surface area contributed by atoms with Crippen molar-refractivity contribution in [3.8, 4) is 16.9 Å². The molecule has 0 spiro atoms. The fourth-order valence-electron chi connectivity index (χ4n) is 2.39. The molecular weight excluding hydrogens is 373 g/mol. The van der Waals surface area contributed by atoms with Crippen molar-refractivity contribution in [1.29, 1.82) is 0 Å². The molecule has 0 aliphatic rings. The van der Waals surface area contributed by atoms with E-state index in [2.05, 4.69) is 5.10 Å². The Balaban J connectivity index is 2.24. The van der Waals surface area contributed by atoms with E-state index in [9.17, 15) is 26.0 Å². The Morgan fingerprint density at radius 2 is 1.54 bits per heavy atom. The summed E-state index contributed by atoms with van der Waals surface area (Å²) < 4.78 is 77.1. The van der Waals surface area contributed by atoms with Gasteiger partial charge in [0, 0.05) is 5.56 Å². The second-order valence-corrected chi connectivity index (χ2v) is 6.89. The highest BCUT2D eigenvalue weighted by Gasteiger charge is 2.40. The molecule has 0 aliphatic carbocycles.